The fraction of sp³-hybridized carbons (Fsp3) is 0.206. The van der Waals surface area contributed by atoms with Crippen molar-refractivity contribution in [3.8, 4) is 17.2 Å². The van der Waals surface area contributed by atoms with Crippen molar-refractivity contribution in [1.82, 2.24) is 9.88 Å². The van der Waals surface area contributed by atoms with E-state index in [-0.39, 0.29) is 17.9 Å². The molecular weight excluding hydrogens is 516 g/mol. The number of carbonyl (C=O) groups is 2. The molecule has 0 aliphatic carbocycles. The summed E-state index contributed by atoms with van der Waals surface area (Å²) < 4.78 is 11.9. The molecule has 7 nitrogen and oxygen atoms in total. The van der Waals surface area contributed by atoms with Gasteiger partial charge in [0, 0.05) is 24.5 Å². The van der Waals surface area contributed by atoms with Crippen LogP contribution in [0.15, 0.2) is 103 Å². The standard InChI is InChI=1S/C34H32N2O5/c1-22(2)21-40-29-15-14-26(17-23(29)3)32(37)30-31(36(34(39)33(30)38)20-24-9-8-16-35-19-24)25-10-7-13-28(18-25)41-27-11-5-4-6-12-27/h4-19,22,31,37H,20-21H2,1-3H3/b32-30-. The molecule has 1 amide bonds. The number of aryl methyl sites for hydroxylation is 1. The van der Waals surface area contributed by atoms with Crippen molar-refractivity contribution < 1.29 is 24.2 Å². The first-order valence-electron chi connectivity index (χ1n) is 13.6. The number of Topliss-reactive ketones (excluding diaryl/α,β-unsaturated/α-hetero) is 1. The fourth-order valence-corrected chi connectivity index (χ4v) is 4.82. The zero-order chi connectivity index (χ0) is 28.9. The van der Waals surface area contributed by atoms with E-state index in [0.29, 0.717) is 40.9 Å². The van der Waals surface area contributed by atoms with E-state index < -0.39 is 17.7 Å². The topological polar surface area (TPSA) is 89.0 Å². The maximum absolute atomic E-state index is 13.5. The Hall–Kier alpha value is -4.91. The molecule has 0 saturated carbocycles. The molecule has 5 rings (SSSR count). The monoisotopic (exact) mass is 548 g/mol. The molecule has 1 unspecified atom stereocenters. The number of para-hydroxylation sites is 1. The van der Waals surface area contributed by atoms with Crippen molar-refractivity contribution in [2.24, 2.45) is 5.92 Å². The Morgan fingerprint density at radius 3 is 2.44 bits per heavy atom. The van der Waals surface area contributed by atoms with Gasteiger partial charge in [-0.15, -0.1) is 0 Å². The van der Waals surface area contributed by atoms with Crippen LogP contribution in [0.1, 0.15) is 42.1 Å². The number of benzene rings is 3. The highest BCUT2D eigenvalue weighted by Gasteiger charge is 2.46. The Labute approximate surface area is 239 Å². The molecule has 1 saturated heterocycles. The molecule has 4 aromatic rings. The number of hydrogen-bond donors (Lipinski definition) is 1. The lowest BCUT2D eigenvalue weighted by Crippen LogP contribution is -2.29. The number of aromatic nitrogens is 1. The highest BCUT2D eigenvalue weighted by Crippen LogP contribution is 2.41. The first kappa shape index (κ1) is 27.6. The van der Waals surface area contributed by atoms with Crippen LogP contribution in [0.2, 0.25) is 0 Å². The summed E-state index contributed by atoms with van der Waals surface area (Å²) in [6, 6.07) is 24.6. The van der Waals surface area contributed by atoms with Crippen LogP contribution in [-0.4, -0.2) is 33.3 Å². The maximum Gasteiger partial charge on any atom is 0.295 e. The van der Waals surface area contributed by atoms with Gasteiger partial charge in [0.15, 0.2) is 0 Å². The number of likely N-dealkylation sites (tertiary alicyclic amines) is 1. The Morgan fingerprint density at radius 1 is 0.951 bits per heavy atom. The SMILES string of the molecule is Cc1cc(/C(O)=C2/C(=O)C(=O)N(Cc3cccnc3)C2c2cccc(Oc3ccccc3)c2)ccc1OCC(C)C. The minimum Gasteiger partial charge on any atom is -0.507 e. The van der Waals surface area contributed by atoms with Crippen molar-refractivity contribution in [2.75, 3.05) is 6.61 Å². The Kier molecular flexibility index (Phi) is 8.15. The average molecular weight is 549 g/mol. The van der Waals surface area contributed by atoms with Crippen LogP contribution in [0.5, 0.6) is 17.2 Å². The maximum atomic E-state index is 13.5. The minimum absolute atomic E-state index is 0.0194. The van der Waals surface area contributed by atoms with Crippen LogP contribution in [-0.2, 0) is 16.1 Å². The largest absolute Gasteiger partial charge is 0.507 e. The number of aliphatic hydroxyl groups excluding tert-OH is 1. The fourth-order valence-electron chi connectivity index (χ4n) is 4.82. The van der Waals surface area contributed by atoms with Gasteiger partial charge in [0.2, 0.25) is 0 Å². The van der Waals surface area contributed by atoms with Crippen LogP contribution in [0.4, 0.5) is 0 Å². The third-order valence-electron chi connectivity index (χ3n) is 6.79. The molecule has 208 valence electrons. The van der Waals surface area contributed by atoms with Crippen molar-refractivity contribution >= 4 is 17.4 Å². The lowest BCUT2D eigenvalue weighted by molar-refractivity contribution is -0.140. The predicted octanol–water partition coefficient (Wildman–Crippen LogP) is 6.84. The molecule has 0 bridgehead atoms. The van der Waals surface area contributed by atoms with Gasteiger partial charge in [0.25, 0.3) is 11.7 Å². The van der Waals surface area contributed by atoms with Crippen molar-refractivity contribution in [3.63, 3.8) is 0 Å². The molecule has 3 aromatic carbocycles. The quantitative estimate of drug-likeness (QED) is 0.140. The molecule has 1 N–H and O–H groups in total. The van der Waals surface area contributed by atoms with Crippen LogP contribution in [0, 0.1) is 12.8 Å². The second-order valence-electron chi connectivity index (χ2n) is 10.5. The van der Waals surface area contributed by atoms with E-state index in [9.17, 15) is 14.7 Å². The van der Waals surface area contributed by atoms with Gasteiger partial charge in [-0.05, 0) is 78.1 Å². The smallest absolute Gasteiger partial charge is 0.295 e. The van der Waals surface area contributed by atoms with E-state index in [2.05, 4.69) is 18.8 Å². The summed E-state index contributed by atoms with van der Waals surface area (Å²) in [5, 5.41) is 11.6. The molecule has 1 atom stereocenters. The number of ether oxygens (including phenoxy) is 2. The van der Waals surface area contributed by atoms with Gasteiger partial charge in [0.1, 0.15) is 23.0 Å². The lowest BCUT2D eigenvalue weighted by Gasteiger charge is -2.25. The number of nitrogens with zero attached hydrogens (tertiary/aromatic N) is 2. The molecule has 1 aliphatic heterocycles. The molecule has 2 heterocycles. The van der Waals surface area contributed by atoms with Gasteiger partial charge in [-0.3, -0.25) is 14.6 Å². The van der Waals surface area contributed by atoms with E-state index in [1.807, 2.05) is 61.5 Å². The number of rotatable bonds is 9. The molecule has 1 aromatic heterocycles. The van der Waals surface area contributed by atoms with E-state index in [4.69, 9.17) is 9.47 Å². The highest BCUT2D eigenvalue weighted by atomic mass is 16.5. The number of hydrogen-bond acceptors (Lipinski definition) is 6. The zero-order valence-corrected chi connectivity index (χ0v) is 23.3. The summed E-state index contributed by atoms with van der Waals surface area (Å²) in [7, 11) is 0. The van der Waals surface area contributed by atoms with Gasteiger partial charge in [-0.25, -0.2) is 0 Å². The molecule has 0 spiro atoms. The number of ketones is 1. The zero-order valence-electron chi connectivity index (χ0n) is 23.3. The Morgan fingerprint density at radius 2 is 1.73 bits per heavy atom. The first-order valence-corrected chi connectivity index (χ1v) is 13.6. The van der Waals surface area contributed by atoms with E-state index in [1.54, 1.807) is 42.7 Å². The number of aliphatic hydroxyl groups is 1. The summed E-state index contributed by atoms with van der Waals surface area (Å²) in [5.74, 6) is 0.587. The number of pyridine rings is 1. The van der Waals surface area contributed by atoms with Crippen LogP contribution >= 0.6 is 0 Å². The number of amides is 1. The van der Waals surface area contributed by atoms with Gasteiger partial charge >= 0.3 is 0 Å². The summed E-state index contributed by atoms with van der Waals surface area (Å²) in [4.78, 5) is 32.6. The van der Waals surface area contributed by atoms with Gasteiger partial charge < -0.3 is 19.5 Å². The summed E-state index contributed by atoms with van der Waals surface area (Å²) in [6.45, 7) is 6.73. The molecule has 1 aliphatic rings. The third kappa shape index (κ3) is 6.14. The van der Waals surface area contributed by atoms with Crippen LogP contribution < -0.4 is 9.47 Å². The van der Waals surface area contributed by atoms with Crippen molar-refractivity contribution in [2.45, 2.75) is 33.4 Å². The molecule has 1 fully saturated rings. The average Bonchev–Trinajstić information content (AvgIpc) is 3.22. The molecule has 41 heavy (non-hydrogen) atoms. The normalized spacial score (nSPS) is 16.3. The molecule has 7 heteroatoms. The Bertz CT molecular complexity index is 1580. The van der Waals surface area contributed by atoms with E-state index >= 15 is 0 Å². The lowest BCUT2D eigenvalue weighted by atomic mass is 9.94. The van der Waals surface area contributed by atoms with Crippen LogP contribution in [0.25, 0.3) is 5.76 Å². The second kappa shape index (κ2) is 12.1. The minimum atomic E-state index is -0.841. The van der Waals surface area contributed by atoms with Crippen molar-refractivity contribution in [1.29, 1.82) is 0 Å². The second-order valence-corrected chi connectivity index (χ2v) is 10.5. The molecular formula is C34H32N2O5. The number of carbonyl (C=O) groups excluding carboxylic acids is 2. The van der Waals surface area contributed by atoms with Gasteiger partial charge in [-0.2, -0.15) is 0 Å². The third-order valence-corrected chi connectivity index (χ3v) is 6.79. The first-order chi connectivity index (χ1) is 19.8. The summed E-state index contributed by atoms with van der Waals surface area (Å²) in [5.41, 5.74) is 2.66. The van der Waals surface area contributed by atoms with Crippen molar-refractivity contribution in [3.05, 3.63) is 125 Å². The van der Waals surface area contributed by atoms with Gasteiger partial charge in [-0.1, -0.05) is 50.2 Å². The Balaban J connectivity index is 1.58. The predicted molar refractivity (Wildman–Crippen MR) is 157 cm³/mol. The van der Waals surface area contributed by atoms with E-state index in [1.165, 1.54) is 4.90 Å². The van der Waals surface area contributed by atoms with E-state index in [0.717, 1.165) is 11.1 Å². The van der Waals surface area contributed by atoms with Gasteiger partial charge in [0.05, 0.1) is 18.2 Å². The van der Waals surface area contributed by atoms with Crippen LogP contribution in [0.3, 0.4) is 0 Å². The summed E-state index contributed by atoms with van der Waals surface area (Å²) >= 11 is 0. The summed E-state index contributed by atoms with van der Waals surface area (Å²) in [6.07, 6.45) is 3.31. The molecule has 0 radical (unpaired) electrons. The highest BCUT2D eigenvalue weighted by molar-refractivity contribution is 6.46.